The van der Waals surface area contributed by atoms with Crippen LogP contribution in [0.4, 0.5) is 5.69 Å². The second kappa shape index (κ2) is 8.14. The van der Waals surface area contributed by atoms with Crippen molar-refractivity contribution in [3.63, 3.8) is 0 Å². The minimum atomic E-state index is -0.301. The predicted octanol–water partition coefficient (Wildman–Crippen LogP) is 3.08. The summed E-state index contributed by atoms with van der Waals surface area (Å²) in [6.07, 6.45) is 4.33. The van der Waals surface area contributed by atoms with E-state index in [-0.39, 0.29) is 18.4 Å². The minimum absolute atomic E-state index is 0.0540. The molecule has 1 aliphatic heterocycles. The zero-order valence-corrected chi connectivity index (χ0v) is 16.1. The SMILES string of the molecule is COc1cccc(C(=O)NCC(=O)N2CCc3cc(-c4ccncc4)ccc32)c1. The van der Waals surface area contributed by atoms with Gasteiger partial charge in [0.15, 0.2) is 0 Å². The van der Waals surface area contributed by atoms with E-state index in [1.54, 1.807) is 48.7 Å². The molecule has 6 nitrogen and oxygen atoms in total. The Labute approximate surface area is 169 Å². The normalized spacial score (nSPS) is 12.4. The first-order valence-electron chi connectivity index (χ1n) is 9.41. The number of hydrogen-bond acceptors (Lipinski definition) is 4. The maximum absolute atomic E-state index is 12.7. The highest BCUT2D eigenvalue weighted by Gasteiger charge is 2.25. The van der Waals surface area contributed by atoms with Gasteiger partial charge in [0.2, 0.25) is 5.91 Å². The maximum atomic E-state index is 12.7. The highest BCUT2D eigenvalue weighted by atomic mass is 16.5. The maximum Gasteiger partial charge on any atom is 0.251 e. The number of benzene rings is 2. The molecule has 4 rings (SSSR count). The molecule has 0 spiro atoms. The van der Waals surface area contributed by atoms with Gasteiger partial charge in [0.25, 0.3) is 5.91 Å². The molecule has 0 bridgehead atoms. The number of rotatable bonds is 5. The molecular formula is C23H21N3O3. The molecule has 0 saturated heterocycles. The van der Waals surface area contributed by atoms with Crippen molar-refractivity contribution < 1.29 is 14.3 Å². The van der Waals surface area contributed by atoms with Gasteiger partial charge in [0.1, 0.15) is 5.75 Å². The van der Waals surface area contributed by atoms with E-state index in [2.05, 4.69) is 16.4 Å². The molecule has 3 aromatic rings. The van der Waals surface area contributed by atoms with Gasteiger partial charge in [0.05, 0.1) is 13.7 Å². The summed E-state index contributed by atoms with van der Waals surface area (Å²) in [4.78, 5) is 30.8. The first-order chi connectivity index (χ1) is 14.2. The van der Waals surface area contributed by atoms with Crippen molar-refractivity contribution in [2.24, 2.45) is 0 Å². The van der Waals surface area contributed by atoms with Gasteiger partial charge in [-0.25, -0.2) is 0 Å². The number of pyridine rings is 1. The van der Waals surface area contributed by atoms with Crippen LogP contribution in [0.25, 0.3) is 11.1 Å². The fourth-order valence-electron chi connectivity index (χ4n) is 3.50. The lowest BCUT2D eigenvalue weighted by atomic mass is 10.0. The van der Waals surface area contributed by atoms with Gasteiger partial charge in [-0.3, -0.25) is 14.6 Å². The van der Waals surface area contributed by atoms with Crippen LogP contribution in [0.5, 0.6) is 5.75 Å². The Morgan fingerprint density at radius 2 is 1.90 bits per heavy atom. The largest absolute Gasteiger partial charge is 0.497 e. The van der Waals surface area contributed by atoms with E-state index < -0.39 is 0 Å². The second-order valence-corrected chi connectivity index (χ2v) is 6.79. The lowest BCUT2D eigenvalue weighted by Crippen LogP contribution is -2.39. The number of nitrogens with zero attached hydrogens (tertiary/aromatic N) is 2. The lowest BCUT2D eigenvalue weighted by Gasteiger charge is -2.18. The zero-order valence-electron chi connectivity index (χ0n) is 16.1. The van der Waals surface area contributed by atoms with E-state index in [1.807, 2.05) is 24.3 Å². The van der Waals surface area contributed by atoms with Gasteiger partial charge < -0.3 is 15.0 Å². The third-order valence-electron chi connectivity index (χ3n) is 5.02. The number of nitrogens with one attached hydrogen (secondary N) is 1. The predicted molar refractivity (Wildman–Crippen MR) is 111 cm³/mol. The molecule has 0 fully saturated rings. The molecule has 1 N–H and O–H groups in total. The second-order valence-electron chi connectivity index (χ2n) is 6.79. The van der Waals surface area contributed by atoms with Crippen molar-refractivity contribution in [1.82, 2.24) is 10.3 Å². The molecule has 1 aliphatic rings. The number of anilines is 1. The first-order valence-corrected chi connectivity index (χ1v) is 9.41. The number of carbonyl (C=O) groups excluding carboxylic acids is 2. The summed E-state index contributed by atoms with van der Waals surface area (Å²) in [5.74, 6) is 0.170. The van der Waals surface area contributed by atoms with Gasteiger partial charge in [-0.05, 0) is 65.6 Å². The molecule has 0 atom stereocenters. The van der Waals surface area contributed by atoms with Crippen LogP contribution < -0.4 is 15.0 Å². The van der Waals surface area contributed by atoms with Crippen LogP contribution in [0, 0.1) is 0 Å². The molecular weight excluding hydrogens is 366 g/mol. The standard InChI is InChI=1S/C23H21N3O3/c1-29-20-4-2-3-19(14-20)23(28)25-15-22(27)26-12-9-18-13-17(5-6-21(18)26)16-7-10-24-11-8-16/h2-8,10-11,13-14H,9,12,15H2,1H3,(H,25,28). The van der Waals surface area contributed by atoms with E-state index >= 15 is 0 Å². The Bertz CT molecular complexity index is 1050. The first kappa shape index (κ1) is 18.7. The van der Waals surface area contributed by atoms with Crippen molar-refractivity contribution in [3.8, 4) is 16.9 Å². The van der Waals surface area contributed by atoms with E-state index in [9.17, 15) is 9.59 Å². The van der Waals surface area contributed by atoms with E-state index in [0.717, 1.165) is 28.8 Å². The summed E-state index contributed by atoms with van der Waals surface area (Å²) in [6.45, 7) is 0.560. The van der Waals surface area contributed by atoms with E-state index in [0.29, 0.717) is 17.9 Å². The summed E-state index contributed by atoms with van der Waals surface area (Å²) in [5.41, 5.74) is 4.70. The number of hydrogen-bond donors (Lipinski definition) is 1. The number of fused-ring (bicyclic) bond motifs is 1. The Kier molecular flexibility index (Phi) is 5.24. The third kappa shape index (κ3) is 3.96. The van der Waals surface area contributed by atoms with Crippen LogP contribution in [0.15, 0.2) is 67.0 Å². The fourth-order valence-corrected chi connectivity index (χ4v) is 3.50. The molecule has 1 aromatic heterocycles. The van der Waals surface area contributed by atoms with E-state index in [1.165, 1.54) is 0 Å². The molecule has 2 amide bonds. The summed E-state index contributed by atoms with van der Waals surface area (Å²) in [5, 5.41) is 2.70. The average Bonchev–Trinajstić information content (AvgIpc) is 3.21. The molecule has 0 radical (unpaired) electrons. The Hall–Kier alpha value is -3.67. The molecule has 6 heteroatoms. The highest BCUT2D eigenvalue weighted by Crippen LogP contribution is 2.32. The van der Waals surface area contributed by atoms with Gasteiger partial charge >= 0.3 is 0 Å². The molecule has 0 unspecified atom stereocenters. The van der Waals surface area contributed by atoms with Crippen molar-refractivity contribution in [2.45, 2.75) is 6.42 Å². The molecule has 29 heavy (non-hydrogen) atoms. The van der Waals surface area contributed by atoms with Gasteiger partial charge in [-0.2, -0.15) is 0 Å². The molecule has 2 aromatic carbocycles. The quantitative estimate of drug-likeness (QED) is 0.730. The number of ether oxygens (including phenoxy) is 1. The van der Waals surface area contributed by atoms with Crippen LogP contribution >= 0.6 is 0 Å². The Morgan fingerprint density at radius 1 is 1.07 bits per heavy atom. The molecule has 0 saturated carbocycles. The minimum Gasteiger partial charge on any atom is -0.497 e. The van der Waals surface area contributed by atoms with Crippen LogP contribution in [-0.4, -0.2) is 37.0 Å². The Balaban J connectivity index is 1.43. The van der Waals surface area contributed by atoms with E-state index in [4.69, 9.17) is 4.74 Å². The summed E-state index contributed by atoms with van der Waals surface area (Å²) < 4.78 is 5.13. The van der Waals surface area contributed by atoms with Gasteiger partial charge in [-0.1, -0.05) is 12.1 Å². The fraction of sp³-hybridized carbons (Fsp3) is 0.174. The highest BCUT2D eigenvalue weighted by molar-refractivity contribution is 6.01. The van der Waals surface area contributed by atoms with Crippen molar-refractivity contribution in [2.75, 3.05) is 25.1 Å². The van der Waals surface area contributed by atoms with Crippen molar-refractivity contribution >= 4 is 17.5 Å². The van der Waals surface area contributed by atoms with Crippen molar-refractivity contribution in [3.05, 3.63) is 78.1 Å². The van der Waals surface area contributed by atoms with Crippen LogP contribution in [0.1, 0.15) is 15.9 Å². The summed E-state index contributed by atoms with van der Waals surface area (Å²) >= 11 is 0. The van der Waals surface area contributed by atoms with Crippen LogP contribution in [-0.2, 0) is 11.2 Å². The smallest absolute Gasteiger partial charge is 0.251 e. The summed E-state index contributed by atoms with van der Waals surface area (Å²) in [6, 6.07) is 16.9. The monoisotopic (exact) mass is 387 g/mol. The topological polar surface area (TPSA) is 71.5 Å². The number of carbonyl (C=O) groups is 2. The molecule has 0 aliphatic carbocycles. The lowest BCUT2D eigenvalue weighted by molar-refractivity contribution is -0.117. The third-order valence-corrected chi connectivity index (χ3v) is 5.02. The number of aromatic nitrogens is 1. The van der Waals surface area contributed by atoms with Crippen LogP contribution in [0.2, 0.25) is 0 Å². The number of methoxy groups -OCH3 is 1. The van der Waals surface area contributed by atoms with Crippen molar-refractivity contribution in [1.29, 1.82) is 0 Å². The average molecular weight is 387 g/mol. The van der Waals surface area contributed by atoms with Gasteiger partial charge in [0, 0.05) is 30.2 Å². The Morgan fingerprint density at radius 3 is 2.69 bits per heavy atom. The molecule has 146 valence electrons. The molecule has 2 heterocycles. The zero-order chi connectivity index (χ0) is 20.2. The summed E-state index contributed by atoms with van der Waals surface area (Å²) in [7, 11) is 1.55. The van der Waals surface area contributed by atoms with Crippen LogP contribution in [0.3, 0.4) is 0 Å². The number of amides is 2. The van der Waals surface area contributed by atoms with Gasteiger partial charge in [-0.15, -0.1) is 0 Å².